The van der Waals surface area contributed by atoms with Crippen molar-refractivity contribution >= 4 is 11.5 Å². The van der Waals surface area contributed by atoms with Crippen molar-refractivity contribution in [3.63, 3.8) is 0 Å². The summed E-state index contributed by atoms with van der Waals surface area (Å²) >= 11 is 0. The molecule has 82 valence electrons. The molecule has 0 saturated carbocycles. The van der Waals surface area contributed by atoms with Gasteiger partial charge in [0.25, 0.3) is 0 Å². The first-order valence-electron chi connectivity index (χ1n) is 5.83. The highest BCUT2D eigenvalue weighted by atomic mass is 16.1. The van der Waals surface area contributed by atoms with Gasteiger partial charge in [-0.3, -0.25) is 4.79 Å². The van der Waals surface area contributed by atoms with Crippen molar-refractivity contribution in [1.82, 2.24) is 0 Å². The van der Waals surface area contributed by atoms with Crippen LogP contribution in [0, 0.1) is 0 Å². The van der Waals surface area contributed by atoms with Crippen LogP contribution in [0.25, 0.3) is 11.1 Å². The molecule has 2 heterocycles. The van der Waals surface area contributed by atoms with Gasteiger partial charge in [0.15, 0.2) is 5.78 Å². The van der Waals surface area contributed by atoms with Gasteiger partial charge in [0.05, 0.1) is 6.54 Å². The Morgan fingerprint density at radius 1 is 1.06 bits per heavy atom. The van der Waals surface area contributed by atoms with Gasteiger partial charge in [-0.1, -0.05) is 42.5 Å². The van der Waals surface area contributed by atoms with Gasteiger partial charge >= 0.3 is 0 Å². The molecule has 0 radical (unpaired) electrons. The van der Waals surface area contributed by atoms with Crippen molar-refractivity contribution in [2.75, 3.05) is 11.4 Å². The molecule has 0 N–H and O–H groups in total. The van der Waals surface area contributed by atoms with Gasteiger partial charge in [-0.05, 0) is 17.2 Å². The van der Waals surface area contributed by atoms with Gasteiger partial charge in [0, 0.05) is 11.3 Å². The number of benzene rings is 2. The summed E-state index contributed by atoms with van der Waals surface area (Å²) in [4.78, 5) is 13.8. The Morgan fingerprint density at radius 2 is 1.88 bits per heavy atom. The summed E-state index contributed by atoms with van der Waals surface area (Å²) in [7, 11) is 0. The highest BCUT2D eigenvalue weighted by Crippen LogP contribution is 2.47. The summed E-state index contributed by atoms with van der Waals surface area (Å²) in [6.45, 7) is 0.567. The number of rotatable bonds is 1. The number of carbonyl (C=O) groups excluding carboxylic acids is 1. The van der Waals surface area contributed by atoms with Gasteiger partial charge in [-0.2, -0.15) is 0 Å². The van der Waals surface area contributed by atoms with Gasteiger partial charge in [-0.25, -0.2) is 0 Å². The number of hydrogen-bond donors (Lipinski definition) is 0. The van der Waals surface area contributed by atoms with Crippen molar-refractivity contribution in [1.29, 1.82) is 0 Å². The van der Waals surface area contributed by atoms with Crippen molar-refractivity contribution in [2.45, 2.75) is 6.04 Å². The van der Waals surface area contributed by atoms with Gasteiger partial charge in [0.2, 0.25) is 0 Å². The highest BCUT2D eigenvalue weighted by Gasteiger charge is 2.43. The topological polar surface area (TPSA) is 20.3 Å². The number of Topliss-reactive ketones (excluding diaryl/α,β-unsaturated/α-hetero) is 1. The van der Waals surface area contributed by atoms with E-state index in [1.807, 2.05) is 18.2 Å². The Hall–Kier alpha value is -2.09. The molecular formula is C15H11NO. The van der Waals surface area contributed by atoms with E-state index in [1.54, 1.807) is 0 Å². The van der Waals surface area contributed by atoms with E-state index in [0.29, 0.717) is 12.3 Å². The first-order chi connectivity index (χ1) is 8.34. The molecule has 1 unspecified atom stereocenters. The van der Waals surface area contributed by atoms with Crippen LogP contribution in [0.4, 0.5) is 5.69 Å². The van der Waals surface area contributed by atoms with Crippen LogP contribution in [-0.2, 0) is 4.79 Å². The molecule has 0 aromatic heterocycles. The predicted molar refractivity (Wildman–Crippen MR) is 67.0 cm³/mol. The lowest BCUT2D eigenvalue weighted by molar-refractivity contribution is -0.123. The Labute approximate surface area is 99.5 Å². The van der Waals surface area contributed by atoms with Crippen molar-refractivity contribution in [2.24, 2.45) is 0 Å². The van der Waals surface area contributed by atoms with Crippen LogP contribution in [0.3, 0.4) is 0 Å². The molecule has 2 aliphatic heterocycles. The zero-order valence-corrected chi connectivity index (χ0v) is 9.26. The molecule has 2 aliphatic rings. The van der Waals surface area contributed by atoms with E-state index in [0.717, 1.165) is 5.56 Å². The average Bonchev–Trinajstić information content (AvgIpc) is 2.58. The van der Waals surface area contributed by atoms with Crippen molar-refractivity contribution in [3.05, 3.63) is 54.1 Å². The predicted octanol–water partition coefficient (Wildman–Crippen LogP) is 2.80. The quantitative estimate of drug-likeness (QED) is 0.738. The monoisotopic (exact) mass is 221 g/mol. The number of nitrogens with zero attached hydrogens (tertiary/aromatic N) is 1. The first kappa shape index (κ1) is 8.99. The first-order valence-corrected chi connectivity index (χ1v) is 5.83. The van der Waals surface area contributed by atoms with Crippen LogP contribution in [0.5, 0.6) is 0 Å². The van der Waals surface area contributed by atoms with Gasteiger partial charge < -0.3 is 4.90 Å². The summed E-state index contributed by atoms with van der Waals surface area (Å²) in [6.07, 6.45) is 0. The molecule has 2 aromatic carbocycles. The second kappa shape index (κ2) is 2.98. The maximum Gasteiger partial charge on any atom is 0.179 e. The lowest BCUT2D eigenvalue weighted by atomic mass is 9.99. The summed E-state index contributed by atoms with van der Waals surface area (Å²) in [5.74, 6) is 0.338. The van der Waals surface area contributed by atoms with E-state index in [1.165, 1.54) is 16.8 Å². The Bertz CT molecular complexity index is 618. The SMILES string of the molecule is O=C1CN2c3cc(ccc3-c3ccccc3)C12. The molecule has 0 spiro atoms. The third kappa shape index (κ3) is 1.07. The summed E-state index contributed by atoms with van der Waals surface area (Å²) in [5, 5.41) is 0. The van der Waals surface area contributed by atoms with Crippen LogP contribution in [0.1, 0.15) is 11.6 Å². The summed E-state index contributed by atoms with van der Waals surface area (Å²) in [5.41, 5.74) is 4.80. The standard InChI is InChI=1S/C15H11NO/c17-14-9-16-13-8-11(15(14)16)6-7-12(13)10-4-2-1-3-5-10/h1-8,15H,9H2. The summed E-state index contributed by atoms with van der Waals surface area (Å²) in [6, 6.07) is 16.7. The lowest BCUT2D eigenvalue weighted by Gasteiger charge is -2.36. The van der Waals surface area contributed by atoms with E-state index < -0.39 is 0 Å². The Balaban J connectivity index is 1.88. The van der Waals surface area contributed by atoms with Crippen LogP contribution in [0.2, 0.25) is 0 Å². The number of anilines is 1. The third-order valence-electron chi connectivity index (χ3n) is 3.67. The Kier molecular flexibility index (Phi) is 1.57. The van der Waals surface area contributed by atoms with E-state index in [9.17, 15) is 4.79 Å². The minimum Gasteiger partial charge on any atom is -0.349 e. The normalized spacial score (nSPS) is 20.1. The van der Waals surface area contributed by atoms with E-state index in [2.05, 4.69) is 35.2 Å². The second-order valence-corrected chi connectivity index (χ2v) is 4.64. The number of hydrogen-bond acceptors (Lipinski definition) is 2. The highest BCUT2D eigenvalue weighted by molar-refractivity contribution is 6.04. The zero-order chi connectivity index (χ0) is 11.4. The van der Waals surface area contributed by atoms with Crippen LogP contribution >= 0.6 is 0 Å². The molecule has 0 amide bonds. The number of ketones is 1. The fourth-order valence-electron chi connectivity index (χ4n) is 2.82. The van der Waals surface area contributed by atoms with E-state index in [4.69, 9.17) is 0 Å². The molecule has 2 heteroatoms. The maximum absolute atomic E-state index is 11.6. The molecular weight excluding hydrogens is 210 g/mol. The maximum atomic E-state index is 11.6. The third-order valence-corrected chi connectivity index (χ3v) is 3.67. The molecule has 2 bridgehead atoms. The fraction of sp³-hybridized carbons (Fsp3) is 0.133. The average molecular weight is 221 g/mol. The molecule has 1 saturated heterocycles. The van der Waals surface area contributed by atoms with Crippen molar-refractivity contribution < 1.29 is 4.79 Å². The molecule has 0 aliphatic carbocycles. The van der Waals surface area contributed by atoms with Crippen LogP contribution in [-0.4, -0.2) is 12.3 Å². The van der Waals surface area contributed by atoms with Gasteiger partial charge in [0.1, 0.15) is 6.04 Å². The van der Waals surface area contributed by atoms with Crippen molar-refractivity contribution in [3.8, 4) is 11.1 Å². The molecule has 4 rings (SSSR count). The smallest absolute Gasteiger partial charge is 0.179 e. The van der Waals surface area contributed by atoms with Crippen LogP contribution in [0.15, 0.2) is 48.5 Å². The molecule has 17 heavy (non-hydrogen) atoms. The molecule has 2 nitrogen and oxygen atoms in total. The number of fused-ring (bicyclic) bond motifs is 5. The Morgan fingerprint density at radius 3 is 2.65 bits per heavy atom. The second-order valence-electron chi connectivity index (χ2n) is 4.64. The minimum atomic E-state index is 0.0162. The lowest BCUT2D eigenvalue weighted by Crippen LogP contribution is -2.47. The molecule has 2 aromatic rings. The molecule has 1 atom stereocenters. The van der Waals surface area contributed by atoms with E-state index >= 15 is 0 Å². The van der Waals surface area contributed by atoms with Gasteiger partial charge in [-0.15, -0.1) is 0 Å². The number of carbonyl (C=O) groups is 1. The van der Waals surface area contributed by atoms with E-state index in [-0.39, 0.29) is 6.04 Å². The summed E-state index contributed by atoms with van der Waals surface area (Å²) < 4.78 is 0. The van der Waals surface area contributed by atoms with Crippen LogP contribution < -0.4 is 4.90 Å². The zero-order valence-electron chi connectivity index (χ0n) is 9.26. The molecule has 1 fully saturated rings. The fourth-order valence-corrected chi connectivity index (χ4v) is 2.82. The minimum absolute atomic E-state index is 0.0162. The largest absolute Gasteiger partial charge is 0.349 e.